The number of carboxylic acids is 1. The molecule has 4 heteroatoms. The smallest absolute Gasteiger partial charge is 0.320 e. The quantitative estimate of drug-likeness (QED) is 0.794. The van der Waals surface area contributed by atoms with E-state index in [4.69, 9.17) is 10.8 Å². The van der Waals surface area contributed by atoms with E-state index in [1.165, 1.54) is 0 Å². The van der Waals surface area contributed by atoms with Crippen molar-refractivity contribution >= 4 is 5.97 Å². The van der Waals surface area contributed by atoms with Gasteiger partial charge in [0.05, 0.1) is 0 Å². The van der Waals surface area contributed by atoms with E-state index < -0.39 is 12.0 Å². The summed E-state index contributed by atoms with van der Waals surface area (Å²) in [5.74, 6) is -1.48. The lowest BCUT2D eigenvalue weighted by molar-refractivity contribution is -0.138. The number of aryl methyl sites for hydroxylation is 2. The van der Waals surface area contributed by atoms with Crippen LogP contribution in [0.25, 0.3) is 0 Å². The van der Waals surface area contributed by atoms with Crippen LogP contribution in [0.3, 0.4) is 0 Å². The number of nitrogens with two attached hydrogens (primary N) is 1. The van der Waals surface area contributed by atoms with Crippen molar-refractivity contribution in [2.45, 2.75) is 26.3 Å². The third kappa shape index (κ3) is 2.76. The first-order valence-electron chi connectivity index (χ1n) is 4.66. The Kier molecular flexibility index (Phi) is 3.42. The molecule has 15 heavy (non-hydrogen) atoms. The van der Waals surface area contributed by atoms with Gasteiger partial charge in [0.15, 0.2) is 0 Å². The van der Waals surface area contributed by atoms with Crippen molar-refractivity contribution in [3.8, 4) is 0 Å². The van der Waals surface area contributed by atoms with Crippen LogP contribution < -0.4 is 5.73 Å². The fourth-order valence-corrected chi connectivity index (χ4v) is 1.51. The summed E-state index contributed by atoms with van der Waals surface area (Å²) in [6, 6.07) is 2.29. The molecule has 0 aromatic heterocycles. The minimum absolute atomic E-state index is 0.0175. The van der Waals surface area contributed by atoms with Crippen molar-refractivity contribution in [2.75, 3.05) is 0 Å². The number of benzene rings is 1. The Balaban J connectivity index is 2.99. The molecule has 0 aliphatic carbocycles. The van der Waals surface area contributed by atoms with E-state index in [9.17, 15) is 9.18 Å². The van der Waals surface area contributed by atoms with E-state index in [0.29, 0.717) is 11.1 Å². The van der Waals surface area contributed by atoms with Crippen molar-refractivity contribution in [1.82, 2.24) is 0 Å². The van der Waals surface area contributed by atoms with Gasteiger partial charge in [-0.25, -0.2) is 4.39 Å². The third-order valence-corrected chi connectivity index (χ3v) is 2.23. The van der Waals surface area contributed by atoms with E-state index in [2.05, 4.69) is 0 Å². The molecule has 1 aromatic carbocycles. The highest BCUT2D eigenvalue weighted by molar-refractivity contribution is 5.73. The fraction of sp³-hybridized carbons (Fsp3) is 0.364. The minimum Gasteiger partial charge on any atom is -0.480 e. The van der Waals surface area contributed by atoms with Crippen molar-refractivity contribution in [3.63, 3.8) is 0 Å². The first-order valence-corrected chi connectivity index (χ1v) is 4.66. The standard InChI is InChI=1S/C11H14FNO2/c1-6-3-7(2)10(12)8(4-6)5-9(13)11(14)15/h3-4,9H,5,13H2,1-2H3,(H,14,15). The van der Waals surface area contributed by atoms with Gasteiger partial charge >= 0.3 is 5.97 Å². The van der Waals surface area contributed by atoms with E-state index in [0.717, 1.165) is 5.56 Å². The molecule has 1 atom stereocenters. The zero-order valence-corrected chi connectivity index (χ0v) is 8.75. The Morgan fingerprint density at radius 1 is 1.53 bits per heavy atom. The Labute approximate surface area is 87.7 Å². The summed E-state index contributed by atoms with van der Waals surface area (Å²) in [6.07, 6.45) is 0.0175. The van der Waals surface area contributed by atoms with Crippen molar-refractivity contribution in [1.29, 1.82) is 0 Å². The van der Waals surface area contributed by atoms with Crippen LogP contribution in [0, 0.1) is 19.7 Å². The van der Waals surface area contributed by atoms with Gasteiger partial charge in [0.2, 0.25) is 0 Å². The molecule has 1 rings (SSSR count). The Hall–Kier alpha value is -1.42. The monoisotopic (exact) mass is 211 g/mol. The first kappa shape index (κ1) is 11.7. The fourth-order valence-electron chi connectivity index (χ4n) is 1.51. The lowest BCUT2D eigenvalue weighted by Crippen LogP contribution is -2.32. The van der Waals surface area contributed by atoms with Crippen LogP contribution in [0.15, 0.2) is 12.1 Å². The minimum atomic E-state index is -1.12. The highest BCUT2D eigenvalue weighted by Gasteiger charge is 2.15. The maximum atomic E-state index is 13.6. The lowest BCUT2D eigenvalue weighted by atomic mass is 10.0. The molecule has 0 radical (unpaired) electrons. The van der Waals surface area contributed by atoms with Crippen LogP contribution in [0.2, 0.25) is 0 Å². The molecule has 0 aliphatic heterocycles. The highest BCUT2D eigenvalue weighted by atomic mass is 19.1. The number of carbonyl (C=O) groups is 1. The zero-order valence-electron chi connectivity index (χ0n) is 8.75. The summed E-state index contributed by atoms with van der Waals surface area (Å²) in [5.41, 5.74) is 7.14. The van der Waals surface area contributed by atoms with Crippen LogP contribution in [-0.4, -0.2) is 17.1 Å². The Bertz CT molecular complexity index is 390. The predicted octanol–water partition coefficient (Wildman–Crippen LogP) is 1.40. The van der Waals surface area contributed by atoms with E-state index in [1.807, 2.05) is 6.92 Å². The largest absolute Gasteiger partial charge is 0.480 e. The molecule has 0 heterocycles. The molecule has 0 fully saturated rings. The summed E-state index contributed by atoms with van der Waals surface area (Å²) in [4.78, 5) is 10.5. The second kappa shape index (κ2) is 4.40. The van der Waals surface area contributed by atoms with Crippen LogP contribution in [-0.2, 0) is 11.2 Å². The molecular weight excluding hydrogens is 197 g/mol. The molecule has 1 unspecified atom stereocenters. The summed E-state index contributed by atoms with van der Waals surface area (Å²) < 4.78 is 13.6. The normalized spacial score (nSPS) is 12.5. The van der Waals surface area contributed by atoms with Gasteiger partial charge in [-0.3, -0.25) is 4.79 Å². The van der Waals surface area contributed by atoms with Crippen LogP contribution in [0.1, 0.15) is 16.7 Å². The van der Waals surface area contributed by atoms with Crippen molar-refractivity contribution in [3.05, 3.63) is 34.6 Å². The maximum Gasteiger partial charge on any atom is 0.320 e. The molecule has 0 amide bonds. The van der Waals surface area contributed by atoms with Gasteiger partial charge in [0.1, 0.15) is 11.9 Å². The number of halogens is 1. The second-order valence-corrected chi connectivity index (χ2v) is 3.70. The summed E-state index contributed by atoms with van der Waals surface area (Å²) in [7, 11) is 0. The van der Waals surface area contributed by atoms with Gasteiger partial charge in [-0.2, -0.15) is 0 Å². The SMILES string of the molecule is Cc1cc(C)c(F)c(CC(N)C(=O)O)c1. The number of hydrogen-bond acceptors (Lipinski definition) is 2. The first-order chi connectivity index (χ1) is 6.91. The van der Waals surface area contributed by atoms with Crippen LogP contribution >= 0.6 is 0 Å². The highest BCUT2D eigenvalue weighted by Crippen LogP contribution is 2.16. The van der Waals surface area contributed by atoms with E-state index in [-0.39, 0.29) is 12.2 Å². The second-order valence-electron chi connectivity index (χ2n) is 3.70. The summed E-state index contributed by atoms with van der Waals surface area (Å²) in [6.45, 7) is 3.49. The number of hydrogen-bond donors (Lipinski definition) is 2. The average Bonchev–Trinajstić information content (AvgIpc) is 2.13. The van der Waals surface area contributed by atoms with Gasteiger partial charge in [-0.1, -0.05) is 17.7 Å². The summed E-state index contributed by atoms with van der Waals surface area (Å²) in [5, 5.41) is 8.63. The molecule has 0 aliphatic rings. The molecule has 82 valence electrons. The average molecular weight is 211 g/mol. The van der Waals surface area contributed by atoms with Gasteiger partial charge in [-0.05, 0) is 25.0 Å². The van der Waals surface area contributed by atoms with Crippen molar-refractivity contribution in [2.24, 2.45) is 5.73 Å². The van der Waals surface area contributed by atoms with Gasteiger partial charge in [-0.15, -0.1) is 0 Å². The maximum absolute atomic E-state index is 13.6. The Morgan fingerprint density at radius 3 is 2.67 bits per heavy atom. The van der Waals surface area contributed by atoms with E-state index >= 15 is 0 Å². The summed E-state index contributed by atoms with van der Waals surface area (Å²) >= 11 is 0. The van der Waals surface area contributed by atoms with Crippen LogP contribution in [0.5, 0.6) is 0 Å². The number of carboxylic acid groups (broad SMARTS) is 1. The van der Waals surface area contributed by atoms with Gasteiger partial charge < -0.3 is 10.8 Å². The van der Waals surface area contributed by atoms with Crippen molar-refractivity contribution < 1.29 is 14.3 Å². The number of rotatable bonds is 3. The topological polar surface area (TPSA) is 63.3 Å². The van der Waals surface area contributed by atoms with E-state index in [1.54, 1.807) is 19.1 Å². The zero-order chi connectivity index (χ0) is 11.6. The predicted molar refractivity (Wildman–Crippen MR) is 55.2 cm³/mol. The molecular formula is C11H14FNO2. The molecule has 3 N–H and O–H groups in total. The molecule has 1 aromatic rings. The molecule has 0 spiro atoms. The number of aliphatic carboxylic acids is 1. The Morgan fingerprint density at radius 2 is 2.13 bits per heavy atom. The van der Waals surface area contributed by atoms with Gasteiger partial charge in [0, 0.05) is 6.42 Å². The van der Waals surface area contributed by atoms with Crippen LogP contribution in [0.4, 0.5) is 4.39 Å². The molecule has 0 bridgehead atoms. The molecule has 0 saturated carbocycles. The third-order valence-electron chi connectivity index (χ3n) is 2.23. The molecule has 3 nitrogen and oxygen atoms in total. The lowest BCUT2D eigenvalue weighted by Gasteiger charge is -2.10. The van der Waals surface area contributed by atoms with Gasteiger partial charge in [0.25, 0.3) is 0 Å². The molecule has 0 saturated heterocycles.